The number of nitrogens with one attached hydrogen (secondary N) is 2. The Morgan fingerprint density at radius 3 is 2.12 bits per heavy atom. The molecule has 3 aliphatic carbocycles. The second-order valence-corrected chi connectivity index (χ2v) is 10.8. The highest BCUT2D eigenvalue weighted by molar-refractivity contribution is 6.30. The summed E-state index contributed by atoms with van der Waals surface area (Å²) >= 11 is 5.69. The summed E-state index contributed by atoms with van der Waals surface area (Å²) in [5.74, 6) is -2.17. The normalized spacial score (nSPS) is 23.0. The van der Waals surface area contributed by atoms with Gasteiger partial charge in [0.2, 0.25) is 0 Å². The Hall–Kier alpha value is -3.44. The molecule has 222 valence electrons. The first-order chi connectivity index (χ1) is 19.5. The lowest BCUT2D eigenvalue weighted by atomic mass is 9.59. The van der Waals surface area contributed by atoms with Gasteiger partial charge in [0.1, 0.15) is 35.8 Å². The molecule has 1 atom stereocenters. The van der Waals surface area contributed by atoms with Crippen molar-refractivity contribution in [2.45, 2.75) is 63.1 Å². The molecule has 3 saturated carbocycles. The van der Waals surface area contributed by atoms with Crippen molar-refractivity contribution in [3.05, 3.63) is 58.6 Å². The highest BCUT2D eigenvalue weighted by atomic mass is 35.5. The highest BCUT2D eigenvalue weighted by Gasteiger charge is 2.57. The van der Waals surface area contributed by atoms with E-state index in [1.807, 2.05) is 0 Å². The van der Waals surface area contributed by atoms with Crippen LogP contribution >= 0.6 is 11.6 Å². The van der Waals surface area contributed by atoms with Crippen LogP contribution < -0.4 is 20.1 Å². The van der Waals surface area contributed by atoms with E-state index in [4.69, 9.17) is 30.5 Å². The van der Waals surface area contributed by atoms with Gasteiger partial charge < -0.3 is 29.6 Å². The Morgan fingerprint density at radius 1 is 0.902 bits per heavy atom. The summed E-state index contributed by atoms with van der Waals surface area (Å²) in [4.78, 5) is 38.3. The fourth-order valence-corrected chi connectivity index (χ4v) is 5.46. The van der Waals surface area contributed by atoms with Gasteiger partial charge in [0.15, 0.2) is 13.2 Å². The Kier molecular flexibility index (Phi) is 9.70. The van der Waals surface area contributed by atoms with Crippen LogP contribution in [0.5, 0.6) is 11.5 Å². The van der Waals surface area contributed by atoms with E-state index < -0.39 is 46.6 Å². The van der Waals surface area contributed by atoms with Crippen molar-refractivity contribution in [2.75, 3.05) is 26.4 Å². The predicted octanol–water partition coefficient (Wildman–Crippen LogP) is 4.02. The summed E-state index contributed by atoms with van der Waals surface area (Å²) in [6.07, 6.45) is 1.39. The van der Waals surface area contributed by atoms with Crippen molar-refractivity contribution in [3.8, 4) is 11.5 Å². The maximum Gasteiger partial charge on any atom is 0.332 e. The van der Waals surface area contributed by atoms with Crippen LogP contribution in [0.3, 0.4) is 0 Å². The van der Waals surface area contributed by atoms with Crippen LogP contribution in [-0.2, 0) is 23.9 Å². The summed E-state index contributed by atoms with van der Waals surface area (Å²) < 4.78 is 49.4. The fraction of sp³-hybridized carbons (Fsp3) is 0.483. The van der Waals surface area contributed by atoms with Gasteiger partial charge in [-0.3, -0.25) is 9.59 Å². The molecule has 2 N–H and O–H groups in total. The molecule has 0 aromatic heterocycles. The number of rotatable bonds is 12. The average molecular weight is 595 g/mol. The molecule has 9 nitrogen and oxygen atoms in total. The zero-order valence-corrected chi connectivity index (χ0v) is 23.7. The van der Waals surface area contributed by atoms with Crippen molar-refractivity contribution in [1.82, 2.24) is 10.6 Å². The number of carbonyl (C=O) groups excluding carboxylic acids is 3. The highest BCUT2D eigenvalue weighted by Crippen LogP contribution is 2.48. The first-order valence-electron chi connectivity index (χ1n) is 13.4. The molecule has 41 heavy (non-hydrogen) atoms. The minimum atomic E-state index is -0.870. The van der Waals surface area contributed by atoms with Crippen LogP contribution in [0.15, 0.2) is 36.4 Å². The zero-order valence-electron chi connectivity index (χ0n) is 22.9. The smallest absolute Gasteiger partial charge is 0.332 e. The number of aryl methyl sites for hydroxylation is 1. The van der Waals surface area contributed by atoms with E-state index in [0.29, 0.717) is 37.9 Å². The van der Waals surface area contributed by atoms with Crippen LogP contribution in [0.2, 0.25) is 5.02 Å². The Labute approximate surface area is 241 Å². The van der Waals surface area contributed by atoms with Crippen molar-refractivity contribution < 1.29 is 42.1 Å². The Morgan fingerprint density at radius 2 is 1.51 bits per heavy atom. The quantitative estimate of drug-likeness (QED) is 0.357. The summed E-state index contributed by atoms with van der Waals surface area (Å²) in [6.45, 7) is 2.76. The Balaban J connectivity index is 1.40. The third kappa shape index (κ3) is 7.65. The van der Waals surface area contributed by atoms with Gasteiger partial charge in [-0.05, 0) is 63.3 Å². The minimum Gasteiger partial charge on any atom is -0.484 e. The maximum absolute atomic E-state index is 13.9. The fourth-order valence-electron chi connectivity index (χ4n) is 5.34. The van der Waals surface area contributed by atoms with E-state index in [2.05, 4.69) is 10.6 Å². The second kappa shape index (κ2) is 13.0. The van der Waals surface area contributed by atoms with Crippen molar-refractivity contribution in [3.63, 3.8) is 0 Å². The van der Waals surface area contributed by atoms with Gasteiger partial charge in [0.25, 0.3) is 11.8 Å². The molecule has 12 heteroatoms. The molecule has 3 fully saturated rings. The molecule has 2 bridgehead atoms. The van der Waals surface area contributed by atoms with Crippen LogP contribution in [0.25, 0.3) is 0 Å². The van der Waals surface area contributed by atoms with Crippen molar-refractivity contribution >= 4 is 29.4 Å². The summed E-state index contributed by atoms with van der Waals surface area (Å²) in [5, 5.41) is 5.95. The molecule has 0 heterocycles. The van der Waals surface area contributed by atoms with E-state index >= 15 is 0 Å². The number of fused-ring (bicyclic) bond motifs is 3. The van der Waals surface area contributed by atoms with Crippen LogP contribution in [-0.4, -0.2) is 61.4 Å². The Bertz CT molecular complexity index is 1280. The molecule has 2 amide bonds. The maximum atomic E-state index is 13.9. The molecule has 1 unspecified atom stereocenters. The van der Waals surface area contributed by atoms with Crippen LogP contribution in [0, 0.1) is 18.6 Å². The number of benzene rings is 2. The largest absolute Gasteiger partial charge is 0.484 e. The van der Waals surface area contributed by atoms with E-state index in [1.165, 1.54) is 18.2 Å². The molecule has 2 aromatic rings. The first-order valence-corrected chi connectivity index (χ1v) is 13.8. The standard InChI is InChI=1S/C29H33ClF2N2O7/c1-3-38-17-27(37)41-24-14-28(33-25(35)15-39-20-6-7-21(30)23(32)13-20)8-10-29(24,11-9-28)34-26(36)16-40-19-5-4-18(2)22(31)12-19/h4-7,12-13,24H,3,8-11,14-17H2,1-2H3,(H,33,35)(H,34,36). The lowest BCUT2D eigenvalue weighted by Gasteiger charge is -2.57. The molecule has 5 rings (SSSR count). The number of carbonyl (C=O) groups is 3. The number of esters is 1. The third-order valence-corrected chi connectivity index (χ3v) is 7.86. The zero-order chi connectivity index (χ0) is 29.6. The number of halogens is 3. The lowest BCUT2D eigenvalue weighted by molar-refractivity contribution is -0.171. The van der Waals surface area contributed by atoms with E-state index in [9.17, 15) is 23.2 Å². The van der Waals surface area contributed by atoms with Gasteiger partial charge in [-0.25, -0.2) is 13.6 Å². The average Bonchev–Trinajstić information content (AvgIpc) is 2.94. The second-order valence-electron chi connectivity index (χ2n) is 10.4. The predicted molar refractivity (Wildman–Crippen MR) is 145 cm³/mol. The molecular formula is C29H33ClF2N2O7. The van der Waals surface area contributed by atoms with Crippen molar-refractivity contribution in [2.24, 2.45) is 0 Å². The van der Waals surface area contributed by atoms with E-state index in [0.717, 1.165) is 6.07 Å². The number of hydrogen-bond donors (Lipinski definition) is 2. The topological polar surface area (TPSA) is 112 Å². The lowest BCUT2D eigenvalue weighted by Crippen LogP contribution is -2.71. The molecule has 0 radical (unpaired) electrons. The van der Waals surface area contributed by atoms with Crippen LogP contribution in [0.4, 0.5) is 8.78 Å². The van der Waals surface area contributed by atoms with Crippen molar-refractivity contribution in [1.29, 1.82) is 0 Å². The molecule has 0 spiro atoms. The SMILES string of the molecule is CCOCC(=O)OC1CC2(NC(=O)COc3ccc(Cl)c(F)c3)CCC1(NC(=O)COc1ccc(C)c(F)c1)CC2. The molecule has 0 aliphatic heterocycles. The molecule has 2 aromatic carbocycles. The van der Waals surface area contributed by atoms with Gasteiger partial charge in [0, 0.05) is 30.7 Å². The monoisotopic (exact) mass is 594 g/mol. The van der Waals surface area contributed by atoms with Gasteiger partial charge in [-0.1, -0.05) is 17.7 Å². The molecule has 0 saturated heterocycles. The minimum absolute atomic E-state index is 0.0544. The first kappa shape index (κ1) is 30.5. The summed E-state index contributed by atoms with van der Waals surface area (Å²) in [7, 11) is 0. The van der Waals surface area contributed by atoms with E-state index in [1.54, 1.807) is 26.0 Å². The molecular weight excluding hydrogens is 562 g/mol. The van der Waals surface area contributed by atoms with Gasteiger partial charge in [0.05, 0.1) is 10.6 Å². The van der Waals surface area contributed by atoms with Gasteiger partial charge in [-0.15, -0.1) is 0 Å². The number of hydrogen-bond acceptors (Lipinski definition) is 7. The third-order valence-electron chi connectivity index (χ3n) is 7.56. The van der Waals surface area contributed by atoms with Gasteiger partial charge in [-0.2, -0.15) is 0 Å². The summed E-state index contributed by atoms with van der Waals surface area (Å²) in [5.41, 5.74) is -1.10. The van der Waals surface area contributed by atoms with Crippen LogP contribution in [0.1, 0.15) is 44.6 Å². The van der Waals surface area contributed by atoms with Gasteiger partial charge >= 0.3 is 5.97 Å². The molecule has 3 aliphatic rings. The number of amides is 2. The van der Waals surface area contributed by atoms with E-state index in [-0.39, 0.29) is 42.8 Å². The summed E-state index contributed by atoms with van der Waals surface area (Å²) in [6, 6.07) is 8.24. The number of ether oxygens (including phenoxy) is 4.